The average Bonchev–Trinajstić information content (AvgIpc) is 3.75. The van der Waals surface area contributed by atoms with Gasteiger partial charge in [0.25, 0.3) is 0 Å². The van der Waals surface area contributed by atoms with E-state index in [0.717, 1.165) is 60.8 Å². The Morgan fingerprint density at radius 3 is 1.87 bits per heavy atom. The van der Waals surface area contributed by atoms with Gasteiger partial charge in [-0.2, -0.15) is 0 Å². The van der Waals surface area contributed by atoms with Crippen LogP contribution >= 0.6 is 0 Å². The van der Waals surface area contributed by atoms with Crippen LogP contribution in [0.3, 0.4) is 0 Å². The molecule has 0 amide bonds. The van der Waals surface area contributed by atoms with Crippen LogP contribution in [0, 0.1) is 5.41 Å². The second-order valence-corrected chi connectivity index (χ2v) is 13.4. The number of hydrogen-bond donors (Lipinski definition) is 1. The molecule has 5 nitrogen and oxygen atoms in total. The zero-order chi connectivity index (χ0) is 36.0. The maximum atomic E-state index is 9.27. The minimum absolute atomic E-state index is 0.141. The Morgan fingerprint density at radius 2 is 1.07 bits per heavy atom. The second-order valence-electron chi connectivity index (χ2n) is 13.4. The molecule has 0 aliphatic heterocycles. The molecule has 1 N–H and O–H groups in total. The minimum atomic E-state index is 0.141. The van der Waals surface area contributed by atoms with E-state index in [4.69, 9.17) is 9.98 Å². The van der Waals surface area contributed by atoms with Crippen molar-refractivity contribution in [3.8, 4) is 16.8 Å². The fraction of sp³-hybridized carbons (Fsp3) is 0. The van der Waals surface area contributed by atoms with Crippen molar-refractivity contribution in [3.05, 3.63) is 199 Å². The van der Waals surface area contributed by atoms with Crippen LogP contribution in [0.1, 0.15) is 11.1 Å². The maximum absolute atomic E-state index is 9.27. The van der Waals surface area contributed by atoms with Gasteiger partial charge in [-0.1, -0.05) is 158 Å². The average molecular weight is 692 g/mol. The van der Waals surface area contributed by atoms with Crippen molar-refractivity contribution in [1.29, 1.82) is 5.41 Å². The van der Waals surface area contributed by atoms with E-state index in [0.29, 0.717) is 5.84 Å². The van der Waals surface area contributed by atoms with Crippen LogP contribution in [-0.2, 0) is 0 Å². The lowest BCUT2D eigenvalue weighted by Crippen LogP contribution is -2.07. The molecular formula is C49H33N5. The minimum Gasteiger partial charge on any atom is -0.307 e. The van der Waals surface area contributed by atoms with Crippen LogP contribution in [0.4, 0.5) is 0 Å². The van der Waals surface area contributed by atoms with E-state index in [1.54, 1.807) is 0 Å². The number of aromatic nitrogens is 2. The molecule has 0 saturated carbocycles. The molecule has 0 spiro atoms. The normalized spacial score (nSPS) is 12.2. The third kappa shape index (κ3) is 5.22. The van der Waals surface area contributed by atoms with Gasteiger partial charge >= 0.3 is 0 Å². The zero-order valence-electron chi connectivity index (χ0n) is 29.3. The summed E-state index contributed by atoms with van der Waals surface area (Å²) < 4.78 is 4.55. The summed E-state index contributed by atoms with van der Waals surface area (Å²) in [6.45, 7) is 0. The lowest BCUT2D eigenvalue weighted by Gasteiger charge is -2.10. The number of hydrogen-bond acceptors (Lipinski definition) is 1. The summed E-state index contributed by atoms with van der Waals surface area (Å²) in [6, 6.07) is 64.8. The maximum Gasteiger partial charge on any atom is 0.163 e. The summed E-state index contributed by atoms with van der Waals surface area (Å²) in [7, 11) is 0. The Kier molecular flexibility index (Phi) is 7.55. The monoisotopic (exact) mass is 691 g/mol. The van der Waals surface area contributed by atoms with Gasteiger partial charge in [0, 0.05) is 38.4 Å². The van der Waals surface area contributed by atoms with Crippen LogP contribution in [0.25, 0.3) is 71.2 Å². The molecule has 254 valence electrons. The first kappa shape index (κ1) is 31.4. The van der Waals surface area contributed by atoms with Gasteiger partial charge in [0.2, 0.25) is 0 Å². The molecule has 0 saturated heterocycles. The SMILES string of the molecule is N=C(/N=C(\N=C\n1c2ccccc2c2ccc3c4ccccc4n(-c4ccccc4)c3c21)c1ccccc1)c1cccc(-c2cccc3ccccc23)c1. The lowest BCUT2D eigenvalue weighted by molar-refractivity contribution is 1.18. The molecule has 0 fully saturated rings. The number of nitrogens with zero attached hydrogens (tertiary/aromatic N) is 4. The molecule has 54 heavy (non-hydrogen) atoms. The summed E-state index contributed by atoms with van der Waals surface area (Å²) in [4.78, 5) is 10.0. The molecule has 2 aromatic heterocycles. The van der Waals surface area contributed by atoms with Gasteiger partial charge in [-0.25, -0.2) is 9.98 Å². The molecular weight excluding hydrogens is 659 g/mol. The Bertz CT molecular complexity index is 3110. The molecule has 10 aromatic rings. The zero-order valence-corrected chi connectivity index (χ0v) is 29.3. The van der Waals surface area contributed by atoms with Crippen LogP contribution < -0.4 is 0 Å². The van der Waals surface area contributed by atoms with E-state index in [-0.39, 0.29) is 5.84 Å². The lowest BCUT2D eigenvalue weighted by atomic mass is 9.97. The van der Waals surface area contributed by atoms with Crippen molar-refractivity contribution in [2.24, 2.45) is 9.98 Å². The predicted molar refractivity (Wildman–Crippen MR) is 227 cm³/mol. The first-order valence-corrected chi connectivity index (χ1v) is 18.1. The van der Waals surface area contributed by atoms with Gasteiger partial charge in [0.1, 0.15) is 6.34 Å². The Balaban J connectivity index is 1.16. The van der Waals surface area contributed by atoms with Gasteiger partial charge in [-0.3, -0.25) is 9.98 Å². The van der Waals surface area contributed by atoms with Crippen molar-refractivity contribution in [2.75, 3.05) is 0 Å². The van der Waals surface area contributed by atoms with Crippen molar-refractivity contribution >= 4 is 72.4 Å². The largest absolute Gasteiger partial charge is 0.307 e. The molecule has 2 heterocycles. The van der Waals surface area contributed by atoms with E-state index in [9.17, 15) is 5.41 Å². The number of nitrogens with one attached hydrogen (secondary N) is 1. The van der Waals surface area contributed by atoms with Gasteiger partial charge in [0.15, 0.2) is 11.7 Å². The van der Waals surface area contributed by atoms with Crippen molar-refractivity contribution in [2.45, 2.75) is 0 Å². The third-order valence-corrected chi connectivity index (χ3v) is 10.3. The molecule has 10 rings (SSSR count). The quantitative estimate of drug-likeness (QED) is 0.138. The Morgan fingerprint density at radius 1 is 0.481 bits per heavy atom. The van der Waals surface area contributed by atoms with Crippen LogP contribution in [0.15, 0.2) is 198 Å². The van der Waals surface area contributed by atoms with Crippen LogP contribution in [-0.4, -0.2) is 27.1 Å². The molecule has 8 aromatic carbocycles. The van der Waals surface area contributed by atoms with Gasteiger partial charge in [-0.15, -0.1) is 0 Å². The summed E-state index contributed by atoms with van der Waals surface area (Å²) in [5.41, 5.74) is 9.15. The highest BCUT2D eigenvalue weighted by Gasteiger charge is 2.20. The number of benzene rings is 8. The number of amidine groups is 2. The van der Waals surface area contributed by atoms with Gasteiger partial charge < -0.3 is 4.57 Å². The van der Waals surface area contributed by atoms with Gasteiger partial charge in [0.05, 0.1) is 22.1 Å². The first-order valence-electron chi connectivity index (χ1n) is 18.1. The fourth-order valence-corrected chi connectivity index (χ4v) is 7.85. The van der Waals surface area contributed by atoms with Crippen molar-refractivity contribution in [1.82, 2.24) is 9.13 Å². The highest BCUT2D eigenvalue weighted by Crippen LogP contribution is 2.40. The van der Waals surface area contributed by atoms with Crippen molar-refractivity contribution in [3.63, 3.8) is 0 Å². The molecule has 0 radical (unpaired) electrons. The Hall–Kier alpha value is -7.37. The third-order valence-electron chi connectivity index (χ3n) is 10.3. The summed E-state index contributed by atoms with van der Waals surface area (Å²) in [5.74, 6) is 0.597. The topological polar surface area (TPSA) is 58.4 Å². The molecule has 0 atom stereocenters. The summed E-state index contributed by atoms with van der Waals surface area (Å²) in [6.07, 6.45) is 1.88. The molecule has 0 aliphatic carbocycles. The van der Waals surface area contributed by atoms with Gasteiger partial charge in [-0.05, 0) is 52.2 Å². The predicted octanol–water partition coefficient (Wildman–Crippen LogP) is 12.1. The van der Waals surface area contributed by atoms with Crippen LogP contribution in [0.2, 0.25) is 0 Å². The highest BCUT2D eigenvalue weighted by molar-refractivity contribution is 6.25. The van der Waals surface area contributed by atoms with E-state index in [1.165, 1.54) is 21.5 Å². The Labute approximate surface area is 311 Å². The highest BCUT2D eigenvalue weighted by atomic mass is 15.1. The van der Waals surface area contributed by atoms with E-state index >= 15 is 0 Å². The smallest absolute Gasteiger partial charge is 0.163 e. The molecule has 5 heteroatoms. The number of para-hydroxylation sites is 3. The molecule has 0 bridgehead atoms. The number of fused-ring (bicyclic) bond motifs is 8. The second kappa shape index (κ2) is 13.0. The van der Waals surface area contributed by atoms with Crippen molar-refractivity contribution < 1.29 is 0 Å². The van der Waals surface area contributed by atoms with E-state index in [1.807, 2.05) is 54.9 Å². The summed E-state index contributed by atoms with van der Waals surface area (Å²) in [5, 5.41) is 16.3. The summed E-state index contributed by atoms with van der Waals surface area (Å²) >= 11 is 0. The number of aliphatic imine (C=N–C) groups is 2. The van der Waals surface area contributed by atoms with E-state index < -0.39 is 0 Å². The van der Waals surface area contributed by atoms with Crippen LogP contribution in [0.5, 0.6) is 0 Å². The molecule has 0 unspecified atom stereocenters. The first-order chi connectivity index (χ1) is 26.7. The molecule has 0 aliphatic rings. The van der Waals surface area contributed by atoms with E-state index in [2.05, 4.69) is 149 Å². The number of rotatable bonds is 5. The fourth-order valence-electron chi connectivity index (χ4n) is 7.85. The standard InChI is InChI=1S/C49H33N5/c50-48(36-20-13-19-35(31-36)39-26-14-18-33-15-7-8-23-38(33)39)52-49(34-16-3-1-4-17-34)51-32-53-44-27-11-9-24-40(44)42-29-30-43-41-25-10-12-28-45(41)54(47(43)46(42)53)37-21-5-2-6-22-37/h1-32,50H/b50-48?,51-32+,52-49-.